The summed E-state index contributed by atoms with van der Waals surface area (Å²) < 4.78 is 27.2. The summed E-state index contributed by atoms with van der Waals surface area (Å²) in [6.45, 7) is 6.18. The van der Waals surface area contributed by atoms with Gasteiger partial charge >= 0.3 is 0 Å². The summed E-state index contributed by atoms with van der Waals surface area (Å²) >= 11 is 0. The van der Waals surface area contributed by atoms with Gasteiger partial charge in [-0.25, -0.2) is 8.42 Å². The maximum absolute atomic E-state index is 12.9. The Balaban J connectivity index is 1.69. The smallest absolute Gasteiger partial charge is 0.244 e. The molecular weight excluding hydrogens is 388 g/mol. The normalized spacial score (nSPS) is 15.7. The van der Waals surface area contributed by atoms with Crippen LogP contribution in [0.25, 0.3) is 0 Å². The van der Waals surface area contributed by atoms with E-state index in [1.165, 1.54) is 16.4 Å². The van der Waals surface area contributed by atoms with Crippen molar-refractivity contribution in [3.05, 3.63) is 52.8 Å². The number of anilines is 1. The molecule has 0 radical (unpaired) electrons. The van der Waals surface area contributed by atoms with Crippen molar-refractivity contribution < 1.29 is 13.2 Å². The number of amides is 1. The van der Waals surface area contributed by atoms with Crippen LogP contribution in [0.4, 0.5) is 5.69 Å². The van der Waals surface area contributed by atoms with E-state index in [0.717, 1.165) is 22.6 Å². The lowest BCUT2D eigenvalue weighted by Gasteiger charge is -2.31. The molecule has 29 heavy (non-hydrogen) atoms. The fourth-order valence-corrected chi connectivity index (χ4v) is 5.33. The van der Waals surface area contributed by atoms with E-state index in [2.05, 4.69) is 10.3 Å². The first-order valence-electron chi connectivity index (χ1n) is 9.49. The van der Waals surface area contributed by atoms with Crippen molar-refractivity contribution in [2.45, 2.75) is 38.5 Å². The standard InChI is InChI=1S/C21H24N4O3S/c1-14-12-15(2)23-16(3)20(14)24-21(26)17-8-10-25(11-9-17)29(27,28)19-7-5-4-6-18(19)13-22/h4-7,12,17H,8-11H2,1-3H3,(H,24,26). The number of benzene rings is 1. The SMILES string of the molecule is Cc1cc(C)c(NC(=O)C2CCN(S(=O)(=O)c3ccccc3C#N)CC2)c(C)n1. The van der Waals surface area contributed by atoms with Crippen LogP contribution in [0.5, 0.6) is 0 Å². The second kappa shape index (κ2) is 8.31. The average Bonchev–Trinajstić information content (AvgIpc) is 2.70. The predicted octanol–water partition coefficient (Wildman–Crippen LogP) is 2.92. The van der Waals surface area contributed by atoms with Gasteiger partial charge in [-0.3, -0.25) is 9.78 Å². The van der Waals surface area contributed by atoms with Gasteiger partial charge in [0.2, 0.25) is 15.9 Å². The third-order valence-corrected chi connectivity index (χ3v) is 7.18. The van der Waals surface area contributed by atoms with Gasteiger partial charge in [-0.2, -0.15) is 9.57 Å². The van der Waals surface area contributed by atoms with Crippen molar-refractivity contribution in [3.8, 4) is 6.07 Å². The van der Waals surface area contributed by atoms with Crippen LogP contribution in [0.15, 0.2) is 35.2 Å². The lowest BCUT2D eigenvalue weighted by molar-refractivity contribution is -0.120. The fourth-order valence-electron chi connectivity index (χ4n) is 3.72. The highest BCUT2D eigenvalue weighted by atomic mass is 32.2. The Labute approximate surface area is 171 Å². The van der Waals surface area contributed by atoms with E-state index in [-0.39, 0.29) is 35.4 Å². The summed E-state index contributed by atoms with van der Waals surface area (Å²) in [5, 5.41) is 12.2. The number of aryl methyl sites for hydroxylation is 3. The van der Waals surface area contributed by atoms with Gasteiger partial charge in [-0.05, 0) is 57.4 Å². The molecule has 2 heterocycles. The number of carbonyl (C=O) groups is 1. The third kappa shape index (κ3) is 4.31. The summed E-state index contributed by atoms with van der Waals surface area (Å²) in [5.41, 5.74) is 3.47. The van der Waals surface area contributed by atoms with Gasteiger partial charge in [0.1, 0.15) is 6.07 Å². The Bertz CT molecular complexity index is 1060. The lowest BCUT2D eigenvalue weighted by Crippen LogP contribution is -2.41. The van der Waals surface area contributed by atoms with Crippen LogP contribution in [0, 0.1) is 38.0 Å². The molecule has 0 spiro atoms. The molecule has 0 unspecified atom stereocenters. The zero-order valence-corrected chi connectivity index (χ0v) is 17.6. The number of nitrogens with one attached hydrogen (secondary N) is 1. The minimum atomic E-state index is -3.76. The van der Waals surface area contributed by atoms with E-state index in [9.17, 15) is 18.5 Å². The third-order valence-electron chi connectivity index (χ3n) is 5.22. The molecule has 1 fully saturated rings. The number of aromatic nitrogens is 1. The number of rotatable bonds is 4. The van der Waals surface area contributed by atoms with Crippen LogP contribution >= 0.6 is 0 Å². The number of sulfonamides is 1. The van der Waals surface area contributed by atoms with Gasteiger partial charge in [0.05, 0.1) is 21.8 Å². The van der Waals surface area contributed by atoms with E-state index < -0.39 is 10.0 Å². The molecule has 1 aliphatic heterocycles. The van der Waals surface area contributed by atoms with Crippen LogP contribution in [-0.2, 0) is 14.8 Å². The first kappa shape index (κ1) is 21.0. The predicted molar refractivity (Wildman–Crippen MR) is 110 cm³/mol. The molecule has 1 saturated heterocycles. The molecule has 0 atom stereocenters. The quantitative estimate of drug-likeness (QED) is 0.832. The highest BCUT2D eigenvalue weighted by Crippen LogP contribution is 2.27. The van der Waals surface area contributed by atoms with Crippen LogP contribution in [0.1, 0.15) is 35.4 Å². The Hall–Kier alpha value is -2.76. The monoisotopic (exact) mass is 412 g/mol. The second-order valence-electron chi connectivity index (χ2n) is 7.32. The van der Waals surface area contributed by atoms with Crippen LogP contribution in [0.3, 0.4) is 0 Å². The maximum Gasteiger partial charge on any atom is 0.244 e. The average molecular weight is 413 g/mol. The summed E-state index contributed by atoms with van der Waals surface area (Å²) in [5.74, 6) is -0.385. The lowest BCUT2D eigenvalue weighted by atomic mass is 9.97. The number of nitrogens with zero attached hydrogens (tertiary/aromatic N) is 3. The molecule has 152 valence electrons. The van der Waals surface area contributed by atoms with Crippen molar-refractivity contribution in [3.63, 3.8) is 0 Å². The Kier molecular flexibility index (Phi) is 6.01. The fraction of sp³-hybridized carbons (Fsp3) is 0.381. The van der Waals surface area contributed by atoms with E-state index in [0.29, 0.717) is 12.8 Å². The van der Waals surface area contributed by atoms with E-state index in [1.807, 2.05) is 32.9 Å². The molecule has 1 aromatic carbocycles. The van der Waals surface area contributed by atoms with Crippen molar-refractivity contribution in [1.29, 1.82) is 5.26 Å². The van der Waals surface area contributed by atoms with Gasteiger partial charge in [-0.1, -0.05) is 12.1 Å². The first-order valence-corrected chi connectivity index (χ1v) is 10.9. The number of pyridine rings is 1. The van der Waals surface area contributed by atoms with E-state index >= 15 is 0 Å². The molecule has 1 N–H and O–H groups in total. The summed E-state index contributed by atoms with van der Waals surface area (Å²) in [7, 11) is -3.76. The highest BCUT2D eigenvalue weighted by Gasteiger charge is 2.33. The maximum atomic E-state index is 12.9. The zero-order chi connectivity index (χ0) is 21.2. The molecule has 0 aliphatic carbocycles. The molecule has 2 aromatic rings. The van der Waals surface area contributed by atoms with Crippen LogP contribution < -0.4 is 5.32 Å². The summed E-state index contributed by atoms with van der Waals surface area (Å²) in [4.78, 5) is 17.1. The van der Waals surface area contributed by atoms with E-state index in [1.54, 1.807) is 12.1 Å². The Morgan fingerprint density at radius 1 is 1.21 bits per heavy atom. The molecule has 3 rings (SSSR count). The second-order valence-corrected chi connectivity index (χ2v) is 9.22. The van der Waals surface area contributed by atoms with E-state index in [4.69, 9.17) is 0 Å². The van der Waals surface area contributed by atoms with Gasteiger partial charge in [-0.15, -0.1) is 0 Å². The van der Waals surface area contributed by atoms with Gasteiger partial charge in [0.15, 0.2) is 0 Å². The molecule has 0 saturated carbocycles. The molecule has 1 aliphatic rings. The minimum absolute atomic E-state index is 0.0161. The number of hydrogen-bond acceptors (Lipinski definition) is 5. The summed E-state index contributed by atoms with van der Waals surface area (Å²) in [6.07, 6.45) is 0.855. The molecule has 1 aromatic heterocycles. The van der Waals surface area contributed by atoms with Crippen LogP contribution in [-0.4, -0.2) is 36.7 Å². The number of hydrogen-bond donors (Lipinski definition) is 1. The number of carbonyl (C=O) groups excluding carboxylic acids is 1. The summed E-state index contributed by atoms with van der Waals surface area (Å²) in [6, 6.07) is 10.0. The molecule has 7 nitrogen and oxygen atoms in total. The molecule has 1 amide bonds. The largest absolute Gasteiger partial charge is 0.324 e. The van der Waals surface area contributed by atoms with Crippen molar-refractivity contribution in [1.82, 2.24) is 9.29 Å². The number of piperidine rings is 1. The highest BCUT2D eigenvalue weighted by molar-refractivity contribution is 7.89. The zero-order valence-electron chi connectivity index (χ0n) is 16.8. The molecule has 8 heteroatoms. The topological polar surface area (TPSA) is 103 Å². The van der Waals surface area contributed by atoms with Crippen molar-refractivity contribution in [2.24, 2.45) is 5.92 Å². The molecule has 0 bridgehead atoms. The molecular formula is C21H24N4O3S. The van der Waals surface area contributed by atoms with Gasteiger partial charge in [0.25, 0.3) is 0 Å². The van der Waals surface area contributed by atoms with Gasteiger partial charge < -0.3 is 5.32 Å². The first-order chi connectivity index (χ1) is 13.7. The Morgan fingerprint density at radius 2 is 1.86 bits per heavy atom. The van der Waals surface area contributed by atoms with Gasteiger partial charge in [0, 0.05) is 24.7 Å². The Morgan fingerprint density at radius 3 is 2.48 bits per heavy atom. The van der Waals surface area contributed by atoms with Crippen molar-refractivity contribution >= 4 is 21.6 Å². The minimum Gasteiger partial charge on any atom is -0.324 e. The van der Waals surface area contributed by atoms with Crippen molar-refractivity contribution in [2.75, 3.05) is 18.4 Å². The van der Waals surface area contributed by atoms with Crippen LogP contribution in [0.2, 0.25) is 0 Å². The number of nitriles is 1.